The van der Waals surface area contributed by atoms with E-state index in [2.05, 4.69) is 9.36 Å². The molecule has 1 aromatic rings. The second-order valence-corrected chi connectivity index (χ2v) is 3.39. The van der Waals surface area contributed by atoms with Crippen molar-refractivity contribution in [2.45, 2.75) is 25.9 Å². The van der Waals surface area contributed by atoms with Crippen molar-refractivity contribution in [1.29, 1.82) is 0 Å². The molecule has 0 N–H and O–H groups in total. The minimum atomic E-state index is -4.41. The van der Waals surface area contributed by atoms with Gasteiger partial charge in [-0.1, -0.05) is 13.8 Å². The Hall–Kier alpha value is -0.650. The molecule has 12 heavy (non-hydrogen) atoms. The molecule has 0 spiro atoms. The van der Waals surface area contributed by atoms with Crippen LogP contribution in [0.2, 0.25) is 0 Å². The second kappa shape index (κ2) is 3.01. The van der Waals surface area contributed by atoms with Crippen LogP contribution in [0.15, 0.2) is 0 Å². The van der Waals surface area contributed by atoms with E-state index in [0.717, 1.165) is 11.5 Å². The molecule has 0 aliphatic heterocycles. The van der Waals surface area contributed by atoms with Crippen molar-refractivity contribution in [3.8, 4) is 0 Å². The van der Waals surface area contributed by atoms with E-state index in [1.807, 2.05) is 0 Å². The zero-order valence-corrected chi connectivity index (χ0v) is 7.33. The summed E-state index contributed by atoms with van der Waals surface area (Å²) in [5.41, 5.74) is 0. The molecule has 0 bridgehead atoms. The van der Waals surface area contributed by atoms with Gasteiger partial charge in [-0.25, -0.2) is 4.98 Å². The van der Waals surface area contributed by atoms with E-state index < -0.39 is 12.0 Å². The topological polar surface area (TPSA) is 25.8 Å². The molecular formula is C6H7F3N2S. The number of rotatable bonds is 1. The molecule has 1 heterocycles. The van der Waals surface area contributed by atoms with Gasteiger partial charge >= 0.3 is 6.18 Å². The van der Waals surface area contributed by atoms with Gasteiger partial charge in [0.05, 0.1) is 0 Å². The van der Waals surface area contributed by atoms with Gasteiger partial charge in [0.1, 0.15) is 5.01 Å². The van der Waals surface area contributed by atoms with Crippen LogP contribution < -0.4 is 0 Å². The molecule has 2 nitrogen and oxygen atoms in total. The molecule has 0 amide bonds. The maximum absolute atomic E-state index is 11.9. The van der Waals surface area contributed by atoms with Crippen LogP contribution in [0.1, 0.15) is 30.6 Å². The van der Waals surface area contributed by atoms with Gasteiger partial charge in [0.25, 0.3) is 0 Å². The number of alkyl halides is 3. The second-order valence-electron chi connectivity index (χ2n) is 2.61. The van der Waals surface area contributed by atoms with Gasteiger partial charge in [-0.3, -0.25) is 0 Å². The Morgan fingerprint density at radius 3 is 2.17 bits per heavy atom. The first-order valence-electron chi connectivity index (χ1n) is 3.32. The van der Waals surface area contributed by atoms with E-state index in [0.29, 0.717) is 5.01 Å². The summed E-state index contributed by atoms with van der Waals surface area (Å²) in [7, 11) is 0. The van der Waals surface area contributed by atoms with E-state index in [1.54, 1.807) is 13.8 Å². The molecule has 6 heteroatoms. The molecule has 0 unspecified atom stereocenters. The predicted octanol–water partition coefficient (Wildman–Crippen LogP) is 2.68. The molecule has 0 saturated carbocycles. The Labute approximate surface area is 71.6 Å². The highest BCUT2D eigenvalue weighted by molar-refractivity contribution is 7.05. The average molecular weight is 196 g/mol. The third kappa shape index (κ3) is 1.94. The molecule has 0 fully saturated rings. The number of hydrogen-bond acceptors (Lipinski definition) is 3. The van der Waals surface area contributed by atoms with Crippen LogP contribution in [0.25, 0.3) is 0 Å². The largest absolute Gasteiger partial charge is 0.452 e. The maximum atomic E-state index is 11.9. The minimum absolute atomic E-state index is 0.00130. The summed E-state index contributed by atoms with van der Waals surface area (Å²) in [4.78, 5) is 3.36. The molecule has 1 aromatic heterocycles. The zero-order valence-electron chi connectivity index (χ0n) is 6.51. The van der Waals surface area contributed by atoms with Gasteiger partial charge in [0, 0.05) is 5.92 Å². The summed E-state index contributed by atoms with van der Waals surface area (Å²) in [5, 5.41) is 0.419. The van der Waals surface area contributed by atoms with Crippen molar-refractivity contribution in [2.75, 3.05) is 0 Å². The molecule has 1 rings (SSSR count). The lowest BCUT2D eigenvalue weighted by Crippen LogP contribution is -2.07. The van der Waals surface area contributed by atoms with Crippen LogP contribution in [-0.2, 0) is 6.18 Å². The fraction of sp³-hybridized carbons (Fsp3) is 0.667. The number of hydrogen-bond donors (Lipinski definition) is 0. The molecular weight excluding hydrogens is 189 g/mol. The minimum Gasteiger partial charge on any atom is -0.216 e. The first-order chi connectivity index (χ1) is 5.41. The quantitative estimate of drug-likeness (QED) is 0.690. The van der Waals surface area contributed by atoms with Gasteiger partial charge in [0.2, 0.25) is 5.82 Å². The number of halogens is 3. The smallest absolute Gasteiger partial charge is 0.216 e. The standard InChI is InChI=1S/C6H7F3N2S/c1-3(2)4-10-5(11-12-4)6(7,8)9/h3H,1-2H3. The van der Waals surface area contributed by atoms with E-state index in [1.165, 1.54) is 0 Å². The fourth-order valence-electron chi connectivity index (χ4n) is 0.585. The van der Waals surface area contributed by atoms with Crippen molar-refractivity contribution in [1.82, 2.24) is 9.36 Å². The maximum Gasteiger partial charge on any atom is 0.452 e. The summed E-state index contributed by atoms with van der Waals surface area (Å²) in [6.07, 6.45) is -4.41. The molecule has 0 aliphatic rings. The van der Waals surface area contributed by atoms with Crippen LogP contribution in [0.5, 0.6) is 0 Å². The van der Waals surface area contributed by atoms with E-state index in [9.17, 15) is 13.2 Å². The van der Waals surface area contributed by atoms with Crippen molar-refractivity contribution in [3.63, 3.8) is 0 Å². The molecule has 0 radical (unpaired) electrons. The Bertz CT molecular complexity index is 266. The number of nitrogens with zero attached hydrogens (tertiary/aromatic N) is 2. The van der Waals surface area contributed by atoms with Gasteiger partial charge in [0.15, 0.2) is 0 Å². The molecule has 0 saturated heterocycles. The first-order valence-corrected chi connectivity index (χ1v) is 4.09. The summed E-state index contributed by atoms with van der Waals surface area (Å²) in [6, 6.07) is 0. The predicted molar refractivity (Wildman–Crippen MR) is 39.0 cm³/mol. The van der Waals surface area contributed by atoms with Crippen LogP contribution in [-0.4, -0.2) is 9.36 Å². The van der Waals surface area contributed by atoms with Crippen molar-refractivity contribution >= 4 is 11.5 Å². The lowest BCUT2D eigenvalue weighted by Gasteiger charge is -1.98. The molecule has 68 valence electrons. The Morgan fingerprint density at radius 2 is 1.92 bits per heavy atom. The van der Waals surface area contributed by atoms with Gasteiger partial charge in [-0.2, -0.15) is 17.5 Å². The Balaban J connectivity index is 2.92. The average Bonchev–Trinajstić information content (AvgIpc) is 2.30. The third-order valence-electron chi connectivity index (χ3n) is 1.19. The fourth-order valence-corrected chi connectivity index (χ4v) is 1.25. The van der Waals surface area contributed by atoms with E-state index >= 15 is 0 Å². The van der Waals surface area contributed by atoms with Gasteiger partial charge in [-0.15, -0.1) is 0 Å². The Morgan fingerprint density at radius 1 is 1.33 bits per heavy atom. The normalized spacial score (nSPS) is 12.5. The zero-order chi connectivity index (χ0) is 9.35. The summed E-state index contributed by atoms with van der Waals surface area (Å²) >= 11 is 0.803. The van der Waals surface area contributed by atoms with Crippen molar-refractivity contribution < 1.29 is 13.2 Å². The summed E-state index contributed by atoms with van der Waals surface area (Å²) in [6.45, 7) is 3.56. The monoisotopic (exact) mass is 196 g/mol. The van der Waals surface area contributed by atoms with E-state index in [4.69, 9.17) is 0 Å². The molecule has 0 aromatic carbocycles. The van der Waals surface area contributed by atoms with Crippen molar-refractivity contribution in [2.24, 2.45) is 0 Å². The molecule has 0 atom stereocenters. The highest BCUT2D eigenvalue weighted by Gasteiger charge is 2.36. The van der Waals surface area contributed by atoms with Gasteiger partial charge in [-0.05, 0) is 11.5 Å². The SMILES string of the molecule is CC(C)c1nc(C(F)(F)F)ns1. The highest BCUT2D eigenvalue weighted by atomic mass is 32.1. The van der Waals surface area contributed by atoms with E-state index in [-0.39, 0.29) is 5.92 Å². The van der Waals surface area contributed by atoms with Crippen LogP contribution in [0, 0.1) is 0 Å². The lowest BCUT2D eigenvalue weighted by atomic mass is 10.2. The Kier molecular flexibility index (Phi) is 2.36. The van der Waals surface area contributed by atoms with Crippen LogP contribution >= 0.6 is 11.5 Å². The highest BCUT2D eigenvalue weighted by Crippen LogP contribution is 2.29. The third-order valence-corrected chi connectivity index (χ3v) is 2.20. The van der Waals surface area contributed by atoms with Crippen molar-refractivity contribution in [3.05, 3.63) is 10.8 Å². The lowest BCUT2D eigenvalue weighted by molar-refractivity contribution is -0.144. The first kappa shape index (κ1) is 9.44. The van der Waals surface area contributed by atoms with Crippen LogP contribution in [0.4, 0.5) is 13.2 Å². The van der Waals surface area contributed by atoms with Gasteiger partial charge < -0.3 is 0 Å². The number of aromatic nitrogens is 2. The summed E-state index contributed by atoms with van der Waals surface area (Å²) < 4.78 is 39.1. The van der Waals surface area contributed by atoms with Crippen LogP contribution in [0.3, 0.4) is 0 Å². The molecule has 0 aliphatic carbocycles. The summed E-state index contributed by atoms with van der Waals surface area (Å²) in [5.74, 6) is -1.03.